The van der Waals surface area contributed by atoms with Crippen LogP contribution in [0.25, 0.3) is 0 Å². The average Bonchev–Trinajstić information content (AvgIpc) is 1.87. The molecule has 0 saturated heterocycles. The van der Waals surface area contributed by atoms with E-state index in [0.29, 0.717) is 5.92 Å². The molecule has 0 aliphatic rings. The first-order valence-corrected chi connectivity index (χ1v) is 4.05. The Labute approximate surface area is 68.2 Å². The Hall–Kier alpha value is -0.0100. The van der Waals surface area contributed by atoms with Crippen molar-refractivity contribution < 1.29 is 0 Å². The third-order valence-electron chi connectivity index (χ3n) is 1.63. The Bertz CT molecular complexity index is 110. The van der Waals surface area contributed by atoms with Crippen LogP contribution in [0.15, 0.2) is 12.2 Å². The van der Waals surface area contributed by atoms with Crippen molar-refractivity contribution in [2.24, 2.45) is 11.7 Å². The summed E-state index contributed by atoms with van der Waals surface area (Å²) in [6.07, 6.45) is 4.08. The van der Waals surface area contributed by atoms with Gasteiger partial charge in [0.25, 0.3) is 0 Å². The van der Waals surface area contributed by atoms with Crippen LogP contribution in [0.1, 0.15) is 20.8 Å². The van der Waals surface area contributed by atoms with Gasteiger partial charge >= 0.3 is 0 Å². The average molecular weight is 162 g/mol. The Kier molecular flexibility index (Phi) is 4.75. The molecule has 0 bridgehead atoms. The molecule has 0 aliphatic heterocycles. The first-order valence-electron chi connectivity index (χ1n) is 3.62. The molecular formula is C8H16ClN. The first-order chi connectivity index (χ1) is 4.59. The van der Waals surface area contributed by atoms with Crippen LogP contribution >= 0.6 is 11.6 Å². The number of alkyl halides is 1. The number of hydrogen-bond acceptors (Lipinski definition) is 1. The summed E-state index contributed by atoms with van der Waals surface area (Å²) in [5.74, 6) is 0.373. The summed E-state index contributed by atoms with van der Waals surface area (Å²) in [5, 5.41) is 0.0474. The minimum Gasteiger partial charge on any atom is -0.326 e. The van der Waals surface area contributed by atoms with Gasteiger partial charge in [0.1, 0.15) is 0 Å². The number of hydrogen-bond donors (Lipinski definition) is 1. The molecule has 0 amide bonds. The molecule has 0 radical (unpaired) electrons. The van der Waals surface area contributed by atoms with E-state index in [4.69, 9.17) is 17.3 Å². The zero-order chi connectivity index (χ0) is 8.15. The fourth-order valence-corrected chi connectivity index (χ4v) is 1.08. The van der Waals surface area contributed by atoms with Crippen LogP contribution in [0.2, 0.25) is 0 Å². The zero-order valence-electron chi connectivity index (χ0n) is 6.84. The third kappa shape index (κ3) is 3.23. The summed E-state index contributed by atoms with van der Waals surface area (Å²) < 4.78 is 0. The predicted molar refractivity (Wildman–Crippen MR) is 47.3 cm³/mol. The second-order valence-electron chi connectivity index (χ2n) is 2.64. The van der Waals surface area contributed by atoms with Gasteiger partial charge in [0.05, 0.1) is 0 Å². The van der Waals surface area contributed by atoms with E-state index in [1.807, 2.05) is 19.9 Å². The van der Waals surface area contributed by atoms with E-state index in [1.165, 1.54) is 0 Å². The van der Waals surface area contributed by atoms with Gasteiger partial charge in [0.2, 0.25) is 0 Å². The molecule has 60 valence electrons. The van der Waals surface area contributed by atoms with Gasteiger partial charge in [0.15, 0.2) is 0 Å². The SMILES string of the molecule is C/C=C\[C@@H](C)C(N)[C@H](C)Cl. The van der Waals surface area contributed by atoms with Gasteiger partial charge in [0, 0.05) is 11.4 Å². The van der Waals surface area contributed by atoms with Gasteiger partial charge in [-0.15, -0.1) is 11.6 Å². The molecule has 0 spiro atoms. The van der Waals surface area contributed by atoms with Crippen molar-refractivity contribution in [1.82, 2.24) is 0 Å². The lowest BCUT2D eigenvalue weighted by atomic mass is 10.00. The molecule has 0 aliphatic carbocycles. The lowest BCUT2D eigenvalue weighted by Crippen LogP contribution is -2.34. The van der Waals surface area contributed by atoms with E-state index in [-0.39, 0.29) is 11.4 Å². The van der Waals surface area contributed by atoms with E-state index < -0.39 is 0 Å². The van der Waals surface area contributed by atoms with E-state index >= 15 is 0 Å². The maximum atomic E-state index is 5.80. The number of allylic oxidation sites excluding steroid dienone is 1. The molecule has 0 rings (SSSR count). The molecule has 2 heteroatoms. The summed E-state index contributed by atoms with van der Waals surface area (Å²) in [6.45, 7) is 5.98. The molecule has 10 heavy (non-hydrogen) atoms. The van der Waals surface area contributed by atoms with Crippen molar-refractivity contribution in [3.8, 4) is 0 Å². The summed E-state index contributed by atoms with van der Waals surface area (Å²) in [4.78, 5) is 0. The van der Waals surface area contributed by atoms with E-state index in [2.05, 4.69) is 13.0 Å². The smallest absolute Gasteiger partial charge is 0.0464 e. The van der Waals surface area contributed by atoms with Crippen LogP contribution in [0.3, 0.4) is 0 Å². The monoisotopic (exact) mass is 161 g/mol. The van der Waals surface area contributed by atoms with Gasteiger partial charge in [-0.2, -0.15) is 0 Å². The minimum absolute atomic E-state index is 0.0474. The largest absolute Gasteiger partial charge is 0.326 e. The normalized spacial score (nSPS) is 20.9. The molecule has 3 atom stereocenters. The van der Waals surface area contributed by atoms with Crippen LogP contribution in [-0.2, 0) is 0 Å². The van der Waals surface area contributed by atoms with Gasteiger partial charge in [-0.3, -0.25) is 0 Å². The minimum atomic E-state index is 0.0474. The lowest BCUT2D eigenvalue weighted by molar-refractivity contribution is 0.530. The van der Waals surface area contributed by atoms with Crippen LogP contribution in [0.5, 0.6) is 0 Å². The van der Waals surface area contributed by atoms with Crippen molar-refractivity contribution in [3.63, 3.8) is 0 Å². The second kappa shape index (κ2) is 4.75. The Balaban J connectivity index is 3.81. The molecule has 0 saturated carbocycles. The molecule has 0 aromatic rings. The molecule has 2 N–H and O–H groups in total. The quantitative estimate of drug-likeness (QED) is 0.498. The fraction of sp³-hybridized carbons (Fsp3) is 0.750. The van der Waals surface area contributed by atoms with Crippen LogP contribution < -0.4 is 5.73 Å². The maximum absolute atomic E-state index is 5.80. The predicted octanol–water partition coefficient (Wildman–Crippen LogP) is 2.15. The summed E-state index contributed by atoms with van der Waals surface area (Å²) in [5.41, 5.74) is 5.76. The number of nitrogens with two attached hydrogens (primary N) is 1. The van der Waals surface area contributed by atoms with Crippen molar-refractivity contribution in [3.05, 3.63) is 12.2 Å². The van der Waals surface area contributed by atoms with Crippen LogP contribution in [0, 0.1) is 5.92 Å². The van der Waals surface area contributed by atoms with Gasteiger partial charge < -0.3 is 5.73 Å². The highest BCUT2D eigenvalue weighted by atomic mass is 35.5. The lowest BCUT2D eigenvalue weighted by Gasteiger charge is -2.18. The third-order valence-corrected chi connectivity index (χ3v) is 1.92. The molecule has 0 fully saturated rings. The molecule has 1 nitrogen and oxygen atoms in total. The van der Waals surface area contributed by atoms with Gasteiger partial charge in [-0.1, -0.05) is 19.1 Å². The molecule has 0 heterocycles. The molecular weight excluding hydrogens is 146 g/mol. The zero-order valence-corrected chi connectivity index (χ0v) is 7.60. The maximum Gasteiger partial charge on any atom is 0.0464 e. The van der Waals surface area contributed by atoms with Crippen LogP contribution in [-0.4, -0.2) is 11.4 Å². The summed E-state index contributed by atoms with van der Waals surface area (Å²) in [6, 6.07) is 0.0675. The molecule has 1 unspecified atom stereocenters. The van der Waals surface area contributed by atoms with E-state index in [1.54, 1.807) is 0 Å². The second-order valence-corrected chi connectivity index (χ2v) is 3.33. The number of rotatable bonds is 3. The van der Waals surface area contributed by atoms with Crippen molar-refractivity contribution >= 4 is 11.6 Å². The summed E-state index contributed by atoms with van der Waals surface area (Å²) >= 11 is 5.80. The first kappa shape index (κ1) is 9.99. The highest BCUT2D eigenvalue weighted by Crippen LogP contribution is 2.10. The van der Waals surface area contributed by atoms with Crippen molar-refractivity contribution in [2.75, 3.05) is 0 Å². The van der Waals surface area contributed by atoms with Crippen molar-refractivity contribution in [1.29, 1.82) is 0 Å². The van der Waals surface area contributed by atoms with Gasteiger partial charge in [-0.25, -0.2) is 0 Å². The van der Waals surface area contributed by atoms with E-state index in [9.17, 15) is 0 Å². The van der Waals surface area contributed by atoms with E-state index in [0.717, 1.165) is 0 Å². The highest BCUT2D eigenvalue weighted by molar-refractivity contribution is 6.20. The highest BCUT2D eigenvalue weighted by Gasteiger charge is 2.14. The fourth-order valence-electron chi connectivity index (χ4n) is 0.850. The number of halogens is 1. The Morgan fingerprint density at radius 1 is 1.40 bits per heavy atom. The van der Waals surface area contributed by atoms with Gasteiger partial charge in [-0.05, 0) is 19.8 Å². The Morgan fingerprint density at radius 2 is 1.90 bits per heavy atom. The Morgan fingerprint density at radius 3 is 2.20 bits per heavy atom. The van der Waals surface area contributed by atoms with Crippen LogP contribution in [0.4, 0.5) is 0 Å². The standard InChI is InChI=1S/C8H16ClN/c1-4-5-6(2)8(10)7(3)9/h4-8H,10H2,1-3H3/b5-4-/t6-,7+,8?/m1/s1. The summed E-state index contributed by atoms with van der Waals surface area (Å²) in [7, 11) is 0. The van der Waals surface area contributed by atoms with Crippen molar-refractivity contribution in [2.45, 2.75) is 32.2 Å². The topological polar surface area (TPSA) is 26.0 Å². The molecule has 0 aromatic heterocycles. The molecule has 0 aromatic carbocycles.